The molecule has 1 aliphatic rings. The van der Waals surface area contributed by atoms with Gasteiger partial charge in [-0.2, -0.15) is 0 Å². The van der Waals surface area contributed by atoms with E-state index >= 15 is 0 Å². The average molecular weight is 260 g/mol. The number of carbonyl (C=O) groups excluding carboxylic acids is 1. The van der Waals surface area contributed by atoms with Crippen LogP contribution in [0.2, 0.25) is 0 Å². The topological polar surface area (TPSA) is 46.3 Å². The van der Waals surface area contributed by atoms with Gasteiger partial charge in [-0.05, 0) is 37.3 Å². The van der Waals surface area contributed by atoms with E-state index in [-0.39, 0.29) is 5.92 Å². The summed E-state index contributed by atoms with van der Waals surface area (Å²) in [6.45, 7) is 4.18. The zero-order chi connectivity index (χ0) is 13.7. The van der Waals surface area contributed by atoms with Crippen LogP contribution in [0.5, 0.6) is 0 Å². The van der Waals surface area contributed by atoms with E-state index in [2.05, 4.69) is 19.1 Å². The molecule has 2 N–H and O–H groups in total. The van der Waals surface area contributed by atoms with Gasteiger partial charge in [-0.3, -0.25) is 4.79 Å². The minimum Gasteiger partial charge on any atom is -0.338 e. The molecule has 104 valence electrons. The maximum absolute atomic E-state index is 12.5. The smallest absolute Gasteiger partial charge is 0.225 e. The summed E-state index contributed by atoms with van der Waals surface area (Å²) in [4.78, 5) is 14.5. The van der Waals surface area contributed by atoms with E-state index in [0.29, 0.717) is 24.9 Å². The largest absolute Gasteiger partial charge is 0.338 e. The molecule has 1 unspecified atom stereocenters. The first kappa shape index (κ1) is 14.1. The molecule has 0 bridgehead atoms. The lowest BCUT2D eigenvalue weighted by molar-refractivity contribution is -0.136. The van der Waals surface area contributed by atoms with Crippen LogP contribution in [0.1, 0.15) is 31.7 Å². The molecule has 1 saturated carbocycles. The summed E-state index contributed by atoms with van der Waals surface area (Å²) in [6.07, 6.45) is 3.29. The second-order valence-corrected chi connectivity index (χ2v) is 5.51. The molecule has 2 rings (SSSR count). The van der Waals surface area contributed by atoms with Crippen LogP contribution in [0.15, 0.2) is 30.3 Å². The van der Waals surface area contributed by atoms with Crippen molar-refractivity contribution < 1.29 is 4.79 Å². The number of nitrogens with zero attached hydrogens (tertiary/aromatic N) is 1. The van der Waals surface area contributed by atoms with Crippen LogP contribution in [0.3, 0.4) is 0 Å². The molecular formula is C16H24N2O. The maximum atomic E-state index is 12.5. The highest BCUT2D eigenvalue weighted by Crippen LogP contribution is 2.37. The minimum absolute atomic E-state index is 0.168. The summed E-state index contributed by atoms with van der Waals surface area (Å²) < 4.78 is 0. The summed E-state index contributed by atoms with van der Waals surface area (Å²) in [5.74, 6) is 1.07. The van der Waals surface area contributed by atoms with E-state index in [9.17, 15) is 4.79 Å². The molecule has 1 aliphatic carbocycles. The monoisotopic (exact) mass is 260 g/mol. The zero-order valence-corrected chi connectivity index (χ0v) is 11.7. The van der Waals surface area contributed by atoms with Gasteiger partial charge in [-0.1, -0.05) is 37.3 Å². The Morgan fingerprint density at radius 1 is 1.37 bits per heavy atom. The predicted molar refractivity (Wildman–Crippen MR) is 77.4 cm³/mol. The molecule has 1 amide bonds. The Morgan fingerprint density at radius 3 is 2.63 bits per heavy atom. The Balaban J connectivity index is 1.99. The summed E-state index contributed by atoms with van der Waals surface area (Å²) in [5.41, 5.74) is 6.77. The third-order valence-corrected chi connectivity index (χ3v) is 3.88. The number of nitrogens with two attached hydrogens (primary N) is 1. The second-order valence-electron chi connectivity index (χ2n) is 5.51. The molecule has 3 nitrogen and oxygen atoms in total. The van der Waals surface area contributed by atoms with Gasteiger partial charge in [0.25, 0.3) is 0 Å². The van der Waals surface area contributed by atoms with Gasteiger partial charge in [-0.15, -0.1) is 0 Å². The molecule has 0 spiro atoms. The van der Waals surface area contributed by atoms with E-state index < -0.39 is 0 Å². The number of amides is 1. The molecule has 19 heavy (non-hydrogen) atoms. The highest BCUT2D eigenvalue weighted by Gasteiger charge is 2.34. The molecule has 1 aromatic rings. The lowest BCUT2D eigenvalue weighted by Crippen LogP contribution is -2.37. The maximum Gasteiger partial charge on any atom is 0.225 e. The van der Waals surface area contributed by atoms with Gasteiger partial charge in [0.15, 0.2) is 0 Å². The van der Waals surface area contributed by atoms with Crippen molar-refractivity contribution in [3.05, 3.63) is 35.9 Å². The van der Waals surface area contributed by atoms with Gasteiger partial charge in [0.2, 0.25) is 5.91 Å². The van der Waals surface area contributed by atoms with E-state index in [1.807, 2.05) is 23.1 Å². The highest BCUT2D eigenvalue weighted by molar-refractivity contribution is 5.79. The highest BCUT2D eigenvalue weighted by atomic mass is 16.2. The Kier molecular flexibility index (Phi) is 4.97. The van der Waals surface area contributed by atoms with E-state index in [1.54, 1.807) is 0 Å². The van der Waals surface area contributed by atoms with E-state index in [0.717, 1.165) is 13.0 Å². The molecule has 1 fully saturated rings. The fourth-order valence-electron chi connectivity index (χ4n) is 2.44. The Bertz CT molecular complexity index is 400. The van der Waals surface area contributed by atoms with Gasteiger partial charge in [0, 0.05) is 19.0 Å². The Hall–Kier alpha value is -1.35. The number of carbonyl (C=O) groups is 1. The lowest BCUT2D eigenvalue weighted by atomic mass is 10.0. The van der Waals surface area contributed by atoms with Crippen LogP contribution in [0, 0.1) is 11.8 Å². The SMILES string of the molecule is CC(C(=O)N(CCCN)Cc1ccccc1)C1CC1. The average Bonchev–Trinajstić information content (AvgIpc) is 3.27. The van der Waals surface area contributed by atoms with E-state index in [1.165, 1.54) is 18.4 Å². The van der Waals surface area contributed by atoms with Gasteiger partial charge in [-0.25, -0.2) is 0 Å². The zero-order valence-electron chi connectivity index (χ0n) is 11.7. The van der Waals surface area contributed by atoms with Gasteiger partial charge < -0.3 is 10.6 Å². The van der Waals surface area contributed by atoms with Crippen molar-refractivity contribution >= 4 is 5.91 Å². The molecular weight excluding hydrogens is 236 g/mol. The first-order valence-corrected chi connectivity index (χ1v) is 7.25. The second kappa shape index (κ2) is 6.71. The van der Waals surface area contributed by atoms with Crippen LogP contribution in [0.4, 0.5) is 0 Å². The standard InChI is InChI=1S/C16H24N2O/c1-13(15-8-9-15)16(19)18(11-5-10-17)12-14-6-3-2-4-7-14/h2-4,6-7,13,15H,5,8-12,17H2,1H3. The number of rotatable bonds is 7. The summed E-state index contributed by atoms with van der Waals surface area (Å²) in [6, 6.07) is 10.2. The fourth-order valence-corrected chi connectivity index (χ4v) is 2.44. The number of benzene rings is 1. The van der Waals surface area contributed by atoms with Gasteiger partial charge in [0.1, 0.15) is 0 Å². The number of hydrogen-bond donors (Lipinski definition) is 1. The molecule has 0 aromatic heterocycles. The first-order valence-electron chi connectivity index (χ1n) is 7.25. The van der Waals surface area contributed by atoms with Gasteiger partial charge in [0.05, 0.1) is 0 Å². The Labute approximate surface area is 115 Å². The van der Waals surface area contributed by atoms with Crippen molar-refractivity contribution in [2.75, 3.05) is 13.1 Å². The molecule has 0 saturated heterocycles. The quantitative estimate of drug-likeness (QED) is 0.818. The predicted octanol–water partition coefficient (Wildman–Crippen LogP) is 2.41. The molecule has 0 aliphatic heterocycles. The molecule has 0 heterocycles. The third kappa shape index (κ3) is 4.06. The normalized spacial score (nSPS) is 16.1. The van der Waals surface area contributed by atoms with Crippen molar-refractivity contribution in [2.24, 2.45) is 17.6 Å². The Morgan fingerprint density at radius 2 is 2.05 bits per heavy atom. The van der Waals surface area contributed by atoms with Crippen LogP contribution in [-0.2, 0) is 11.3 Å². The summed E-state index contributed by atoms with van der Waals surface area (Å²) in [5, 5.41) is 0. The fraction of sp³-hybridized carbons (Fsp3) is 0.562. The third-order valence-electron chi connectivity index (χ3n) is 3.88. The summed E-state index contributed by atoms with van der Waals surface area (Å²) >= 11 is 0. The molecule has 1 aromatic carbocycles. The van der Waals surface area contributed by atoms with Crippen LogP contribution in [0.25, 0.3) is 0 Å². The van der Waals surface area contributed by atoms with Crippen molar-refractivity contribution in [3.8, 4) is 0 Å². The van der Waals surface area contributed by atoms with Crippen molar-refractivity contribution in [1.82, 2.24) is 4.90 Å². The van der Waals surface area contributed by atoms with Crippen LogP contribution in [-0.4, -0.2) is 23.9 Å². The van der Waals surface area contributed by atoms with Crippen molar-refractivity contribution in [1.29, 1.82) is 0 Å². The molecule has 0 radical (unpaired) electrons. The van der Waals surface area contributed by atoms with Crippen LogP contribution >= 0.6 is 0 Å². The number of hydrogen-bond acceptors (Lipinski definition) is 2. The molecule has 3 heteroatoms. The van der Waals surface area contributed by atoms with E-state index in [4.69, 9.17) is 5.73 Å². The van der Waals surface area contributed by atoms with Crippen molar-refractivity contribution in [3.63, 3.8) is 0 Å². The summed E-state index contributed by atoms with van der Waals surface area (Å²) in [7, 11) is 0. The van der Waals surface area contributed by atoms with Crippen molar-refractivity contribution in [2.45, 2.75) is 32.7 Å². The van der Waals surface area contributed by atoms with Crippen LogP contribution < -0.4 is 5.73 Å². The minimum atomic E-state index is 0.168. The molecule has 1 atom stereocenters. The first-order chi connectivity index (χ1) is 9.22. The lowest BCUT2D eigenvalue weighted by Gasteiger charge is -2.26. The van der Waals surface area contributed by atoms with Gasteiger partial charge >= 0.3 is 0 Å².